The van der Waals surface area contributed by atoms with Crippen LogP contribution >= 0.6 is 0 Å². The molecule has 1 N–H and O–H groups in total. The lowest BCUT2D eigenvalue weighted by Gasteiger charge is -2.30. The zero-order valence-electron chi connectivity index (χ0n) is 13.5. The van der Waals surface area contributed by atoms with Gasteiger partial charge in [-0.15, -0.1) is 0 Å². The zero-order valence-corrected chi connectivity index (χ0v) is 13.5. The molecule has 2 aliphatic rings. The van der Waals surface area contributed by atoms with Crippen LogP contribution in [0.1, 0.15) is 24.5 Å². The van der Waals surface area contributed by atoms with Gasteiger partial charge in [0.15, 0.2) is 11.5 Å². The minimum atomic E-state index is 0.0973. The molecule has 1 aromatic rings. The van der Waals surface area contributed by atoms with Crippen LogP contribution in [0, 0.1) is 0 Å². The number of ether oxygens (including phenoxy) is 3. The van der Waals surface area contributed by atoms with Crippen LogP contribution in [0.4, 0.5) is 0 Å². The van der Waals surface area contributed by atoms with Crippen molar-refractivity contribution in [2.45, 2.75) is 25.0 Å². The van der Waals surface area contributed by atoms with E-state index >= 15 is 0 Å². The Bertz CT molecular complexity index is 481. The van der Waals surface area contributed by atoms with Gasteiger partial charge in [0.05, 0.1) is 19.8 Å². The minimum Gasteiger partial charge on any atom is -0.493 e. The van der Waals surface area contributed by atoms with Gasteiger partial charge in [0.25, 0.3) is 0 Å². The molecule has 0 amide bonds. The molecule has 0 bridgehead atoms. The maximum atomic E-state index is 6.16. The van der Waals surface area contributed by atoms with Gasteiger partial charge in [0.1, 0.15) is 6.10 Å². The Morgan fingerprint density at radius 1 is 1.23 bits per heavy atom. The summed E-state index contributed by atoms with van der Waals surface area (Å²) in [5.41, 5.74) is 1.14. The first-order chi connectivity index (χ1) is 10.8. The van der Waals surface area contributed by atoms with E-state index in [1.54, 1.807) is 7.11 Å². The van der Waals surface area contributed by atoms with Crippen LogP contribution in [0.5, 0.6) is 11.5 Å². The van der Waals surface area contributed by atoms with Crippen molar-refractivity contribution in [3.63, 3.8) is 0 Å². The fraction of sp³-hybridized carbons (Fsp3) is 0.647. The molecule has 5 nitrogen and oxygen atoms in total. The number of morpholine rings is 1. The fourth-order valence-electron chi connectivity index (χ4n) is 3.04. The van der Waals surface area contributed by atoms with Gasteiger partial charge in [-0.05, 0) is 37.6 Å². The first kappa shape index (κ1) is 15.6. The number of nitrogens with one attached hydrogen (secondary N) is 1. The van der Waals surface area contributed by atoms with E-state index in [4.69, 9.17) is 14.2 Å². The number of hydrogen-bond donors (Lipinski definition) is 1. The molecule has 2 saturated heterocycles. The first-order valence-electron chi connectivity index (χ1n) is 8.11. The summed E-state index contributed by atoms with van der Waals surface area (Å²) in [6.45, 7) is 4.70. The Kier molecular flexibility index (Phi) is 5.18. The van der Waals surface area contributed by atoms with Gasteiger partial charge in [0.2, 0.25) is 0 Å². The fourth-order valence-corrected chi connectivity index (χ4v) is 3.04. The van der Waals surface area contributed by atoms with E-state index in [1.165, 1.54) is 0 Å². The third-order valence-corrected chi connectivity index (χ3v) is 4.45. The molecule has 0 radical (unpaired) electrons. The normalized spacial score (nSPS) is 24.2. The van der Waals surface area contributed by atoms with Gasteiger partial charge < -0.3 is 24.4 Å². The van der Waals surface area contributed by atoms with Gasteiger partial charge in [-0.25, -0.2) is 0 Å². The molecule has 2 aliphatic heterocycles. The highest BCUT2D eigenvalue weighted by molar-refractivity contribution is 5.44. The summed E-state index contributed by atoms with van der Waals surface area (Å²) < 4.78 is 17.5. The van der Waals surface area contributed by atoms with Gasteiger partial charge >= 0.3 is 0 Å². The van der Waals surface area contributed by atoms with Crippen LogP contribution < -0.4 is 14.8 Å². The number of benzene rings is 1. The standard InChI is InChI=1S/C17H26N2O3/c1-19-8-5-14(6-9-19)22-15-4-3-13(11-16(15)20-2)17-12-18-7-10-21-17/h3-4,11,14,17-18H,5-10,12H2,1-2H3. The van der Waals surface area contributed by atoms with Crippen LogP contribution in [0.3, 0.4) is 0 Å². The van der Waals surface area contributed by atoms with Crippen LogP contribution in [-0.2, 0) is 4.74 Å². The molecule has 1 aromatic carbocycles. The summed E-state index contributed by atoms with van der Waals surface area (Å²) in [6.07, 6.45) is 2.51. The molecule has 122 valence electrons. The topological polar surface area (TPSA) is 43.0 Å². The van der Waals surface area contributed by atoms with Crippen molar-refractivity contribution in [3.05, 3.63) is 23.8 Å². The first-order valence-corrected chi connectivity index (χ1v) is 8.11. The molecule has 22 heavy (non-hydrogen) atoms. The molecule has 2 fully saturated rings. The van der Waals surface area contributed by atoms with Crippen molar-refractivity contribution in [3.8, 4) is 11.5 Å². The van der Waals surface area contributed by atoms with E-state index in [1.807, 2.05) is 12.1 Å². The molecule has 0 aromatic heterocycles. The highest BCUT2D eigenvalue weighted by Crippen LogP contribution is 2.33. The lowest BCUT2D eigenvalue weighted by atomic mass is 10.1. The predicted molar refractivity (Wildman–Crippen MR) is 85.7 cm³/mol. The molecule has 1 atom stereocenters. The Labute approximate surface area is 132 Å². The molecule has 3 rings (SSSR count). The smallest absolute Gasteiger partial charge is 0.161 e. The Morgan fingerprint density at radius 2 is 2.05 bits per heavy atom. The number of hydrogen-bond acceptors (Lipinski definition) is 5. The summed E-state index contributed by atoms with van der Waals surface area (Å²) >= 11 is 0. The van der Waals surface area contributed by atoms with Crippen molar-refractivity contribution in [2.24, 2.45) is 0 Å². The number of piperidine rings is 1. The van der Waals surface area contributed by atoms with Gasteiger partial charge in [0, 0.05) is 26.2 Å². The maximum Gasteiger partial charge on any atom is 0.161 e. The van der Waals surface area contributed by atoms with Gasteiger partial charge in [-0.1, -0.05) is 6.07 Å². The maximum absolute atomic E-state index is 6.16. The molecule has 2 heterocycles. The number of nitrogens with zero attached hydrogens (tertiary/aromatic N) is 1. The second-order valence-electron chi connectivity index (χ2n) is 6.09. The van der Waals surface area contributed by atoms with Gasteiger partial charge in [-0.2, -0.15) is 0 Å². The number of methoxy groups -OCH3 is 1. The Balaban J connectivity index is 1.68. The average molecular weight is 306 g/mol. The molecular weight excluding hydrogens is 280 g/mol. The van der Waals surface area contributed by atoms with Crippen LogP contribution in [-0.4, -0.2) is 57.9 Å². The summed E-state index contributed by atoms with van der Waals surface area (Å²) in [5, 5.41) is 3.35. The van der Waals surface area contributed by atoms with Crippen LogP contribution in [0.15, 0.2) is 18.2 Å². The molecule has 0 spiro atoms. The Morgan fingerprint density at radius 3 is 2.73 bits per heavy atom. The van der Waals surface area contributed by atoms with Crippen molar-refractivity contribution < 1.29 is 14.2 Å². The Hall–Kier alpha value is -1.30. The largest absolute Gasteiger partial charge is 0.493 e. The summed E-state index contributed by atoms with van der Waals surface area (Å²) in [4.78, 5) is 2.34. The zero-order chi connectivity index (χ0) is 15.4. The van der Waals surface area contributed by atoms with E-state index in [0.29, 0.717) is 0 Å². The number of likely N-dealkylation sites (tertiary alicyclic amines) is 1. The average Bonchev–Trinajstić information content (AvgIpc) is 2.58. The van der Waals surface area contributed by atoms with Crippen molar-refractivity contribution in [1.29, 1.82) is 0 Å². The lowest BCUT2D eigenvalue weighted by molar-refractivity contribution is 0.0275. The number of rotatable bonds is 4. The van der Waals surface area contributed by atoms with E-state index < -0.39 is 0 Å². The predicted octanol–water partition coefficient (Wildman–Crippen LogP) is 1.83. The molecule has 5 heteroatoms. The van der Waals surface area contributed by atoms with Crippen molar-refractivity contribution >= 4 is 0 Å². The quantitative estimate of drug-likeness (QED) is 0.919. The highest BCUT2D eigenvalue weighted by Gasteiger charge is 2.21. The monoisotopic (exact) mass is 306 g/mol. The van der Waals surface area contributed by atoms with Crippen molar-refractivity contribution in [1.82, 2.24) is 10.2 Å². The summed E-state index contributed by atoms with van der Waals surface area (Å²) in [7, 11) is 3.85. The highest BCUT2D eigenvalue weighted by atomic mass is 16.5. The van der Waals surface area contributed by atoms with Gasteiger partial charge in [-0.3, -0.25) is 0 Å². The third kappa shape index (κ3) is 3.72. The second kappa shape index (κ2) is 7.31. The minimum absolute atomic E-state index is 0.0973. The van der Waals surface area contributed by atoms with E-state index in [9.17, 15) is 0 Å². The summed E-state index contributed by atoms with van der Waals surface area (Å²) in [6, 6.07) is 6.15. The molecular formula is C17H26N2O3. The van der Waals surface area contributed by atoms with E-state index in [0.717, 1.165) is 62.7 Å². The SMILES string of the molecule is COc1cc(C2CNCCO2)ccc1OC1CCN(C)CC1. The molecule has 0 aliphatic carbocycles. The summed E-state index contributed by atoms with van der Waals surface area (Å²) in [5.74, 6) is 1.63. The molecule has 1 unspecified atom stereocenters. The van der Waals surface area contributed by atoms with Crippen molar-refractivity contribution in [2.75, 3.05) is 46.9 Å². The third-order valence-electron chi connectivity index (χ3n) is 4.45. The van der Waals surface area contributed by atoms with Crippen LogP contribution in [0.2, 0.25) is 0 Å². The molecule has 0 saturated carbocycles. The van der Waals surface area contributed by atoms with E-state index in [2.05, 4.69) is 23.3 Å². The van der Waals surface area contributed by atoms with Crippen LogP contribution in [0.25, 0.3) is 0 Å². The second-order valence-corrected chi connectivity index (χ2v) is 6.09. The van der Waals surface area contributed by atoms with E-state index in [-0.39, 0.29) is 12.2 Å². The lowest BCUT2D eigenvalue weighted by Crippen LogP contribution is -2.35.